The van der Waals surface area contributed by atoms with Gasteiger partial charge >= 0.3 is 0 Å². The molecular formula is C7H22N2Si2. The van der Waals surface area contributed by atoms with Crippen LogP contribution in [0.5, 0.6) is 0 Å². The summed E-state index contributed by atoms with van der Waals surface area (Å²) in [5.74, 6) is 0. The Labute approximate surface area is 74.6 Å². The zero-order chi connectivity index (χ0) is 9.02. The monoisotopic (exact) mass is 190 g/mol. The lowest BCUT2D eigenvalue weighted by Gasteiger charge is -2.34. The second-order valence-electron chi connectivity index (χ2n) is 3.52. The van der Waals surface area contributed by atoms with Gasteiger partial charge in [-0.15, -0.1) is 0 Å². The fourth-order valence-electron chi connectivity index (χ4n) is 1.36. The maximum atomic E-state index is 2.74. The highest BCUT2D eigenvalue weighted by atomic mass is 28.4. The van der Waals surface area contributed by atoms with Gasteiger partial charge in [-0.3, -0.25) is 0 Å². The average Bonchev–Trinajstić information content (AvgIpc) is 1.88. The molecule has 0 N–H and O–H groups in total. The lowest BCUT2D eigenvalue weighted by Crippen LogP contribution is -2.52. The molecule has 0 amide bonds. The van der Waals surface area contributed by atoms with Gasteiger partial charge < -0.3 is 8.80 Å². The van der Waals surface area contributed by atoms with Crippen molar-refractivity contribution < 1.29 is 0 Å². The van der Waals surface area contributed by atoms with Gasteiger partial charge in [-0.25, -0.2) is 0 Å². The molecule has 0 fully saturated rings. The second-order valence-corrected chi connectivity index (χ2v) is 9.93. The first-order valence-electron chi connectivity index (χ1n) is 4.42. The van der Waals surface area contributed by atoms with Crippen molar-refractivity contribution in [2.45, 2.75) is 26.6 Å². The van der Waals surface area contributed by atoms with Crippen molar-refractivity contribution >= 4 is 18.1 Å². The molecule has 0 bridgehead atoms. The summed E-state index contributed by atoms with van der Waals surface area (Å²) in [4.78, 5) is 0. The standard InChI is InChI=1S/C7H22N2Si2/c1-7-9(10(4)5)11(6)8(2)3/h10-11H,7H2,1-6H3. The molecule has 2 nitrogen and oxygen atoms in total. The summed E-state index contributed by atoms with van der Waals surface area (Å²) in [6.07, 6.45) is 0. The van der Waals surface area contributed by atoms with Crippen molar-refractivity contribution in [2.75, 3.05) is 20.6 Å². The third-order valence-corrected chi connectivity index (χ3v) is 9.85. The Morgan fingerprint density at radius 2 is 1.55 bits per heavy atom. The van der Waals surface area contributed by atoms with Crippen LogP contribution in [-0.2, 0) is 0 Å². The van der Waals surface area contributed by atoms with Gasteiger partial charge in [0.15, 0.2) is 9.12 Å². The predicted octanol–water partition coefficient (Wildman–Crippen LogP) is 0.704. The largest absolute Gasteiger partial charge is 0.339 e. The van der Waals surface area contributed by atoms with Crippen LogP contribution in [0.25, 0.3) is 0 Å². The molecular weight excluding hydrogens is 168 g/mol. The SMILES string of the molecule is CCN([SiH](C)C)[SiH](C)N(C)C. The van der Waals surface area contributed by atoms with E-state index < -0.39 is 18.1 Å². The van der Waals surface area contributed by atoms with Crippen LogP contribution in [-0.4, -0.2) is 47.5 Å². The van der Waals surface area contributed by atoms with E-state index >= 15 is 0 Å². The van der Waals surface area contributed by atoms with E-state index in [4.69, 9.17) is 0 Å². The first kappa shape index (κ1) is 11.4. The summed E-state index contributed by atoms with van der Waals surface area (Å²) in [7, 11) is 3.14. The van der Waals surface area contributed by atoms with E-state index in [1.54, 1.807) is 0 Å². The minimum absolute atomic E-state index is 0.546. The summed E-state index contributed by atoms with van der Waals surface area (Å²) in [5.41, 5.74) is 0. The van der Waals surface area contributed by atoms with Gasteiger partial charge in [-0.2, -0.15) is 0 Å². The normalized spacial score (nSPS) is 15.0. The maximum Gasteiger partial charge on any atom is 0.179 e. The van der Waals surface area contributed by atoms with E-state index in [-0.39, 0.29) is 0 Å². The quantitative estimate of drug-likeness (QED) is 0.602. The van der Waals surface area contributed by atoms with Crippen molar-refractivity contribution in [1.82, 2.24) is 8.80 Å². The molecule has 11 heavy (non-hydrogen) atoms. The molecule has 0 aromatic rings. The molecule has 0 aliphatic carbocycles. The molecule has 0 radical (unpaired) electrons. The highest BCUT2D eigenvalue weighted by molar-refractivity contribution is 6.69. The number of nitrogens with zero attached hydrogens (tertiary/aromatic N) is 2. The average molecular weight is 190 g/mol. The Hall–Kier alpha value is 0.354. The van der Waals surface area contributed by atoms with Crippen molar-refractivity contribution in [1.29, 1.82) is 0 Å². The summed E-state index contributed by atoms with van der Waals surface area (Å²) in [6, 6.07) is 0. The molecule has 0 heterocycles. The molecule has 0 saturated heterocycles. The van der Waals surface area contributed by atoms with Gasteiger partial charge in [-0.05, 0) is 27.2 Å². The van der Waals surface area contributed by atoms with Gasteiger partial charge in [0.1, 0.15) is 0 Å². The minimum Gasteiger partial charge on any atom is -0.339 e. The van der Waals surface area contributed by atoms with Gasteiger partial charge in [0.2, 0.25) is 0 Å². The number of hydrogen-bond donors (Lipinski definition) is 0. The number of hydrogen-bond acceptors (Lipinski definition) is 2. The van der Waals surface area contributed by atoms with Crippen LogP contribution in [0.15, 0.2) is 0 Å². The van der Waals surface area contributed by atoms with E-state index in [2.05, 4.69) is 49.5 Å². The summed E-state index contributed by atoms with van der Waals surface area (Å²) in [6.45, 7) is 10.8. The predicted molar refractivity (Wildman–Crippen MR) is 58.0 cm³/mol. The summed E-state index contributed by atoms with van der Waals surface area (Å²) >= 11 is 0. The highest BCUT2D eigenvalue weighted by Crippen LogP contribution is 2.00. The Morgan fingerprint density at radius 1 is 1.09 bits per heavy atom. The lowest BCUT2D eigenvalue weighted by molar-refractivity contribution is 0.548. The molecule has 0 aliphatic rings. The van der Waals surface area contributed by atoms with Crippen LogP contribution in [0.3, 0.4) is 0 Å². The second kappa shape index (κ2) is 5.08. The fourth-order valence-corrected chi connectivity index (χ4v) is 7.46. The van der Waals surface area contributed by atoms with Crippen molar-refractivity contribution in [3.8, 4) is 0 Å². The van der Waals surface area contributed by atoms with E-state index in [1.807, 2.05) is 0 Å². The van der Waals surface area contributed by atoms with Gasteiger partial charge in [0.05, 0.1) is 8.96 Å². The van der Waals surface area contributed by atoms with Crippen LogP contribution in [0, 0.1) is 0 Å². The van der Waals surface area contributed by atoms with Crippen LogP contribution in [0.4, 0.5) is 0 Å². The maximum absolute atomic E-state index is 2.74. The Balaban J connectivity index is 4.02. The molecule has 0 aromatic heterocycles. The van der Waals surface area contributed by atoms with Crippen molar-refractivity contribution in [3.05, 3.63) is 0 Å². The molecule has 0 aliphatic heterocycles. The topological polar surface area (TPSA) is 6.48 Å². The van der Waals surface area contributed by atoms with Crippen LogP contribution < -0.4 is 0 Å². The minimum atomic E-state index is -0.720. The zero-order valence-electron chi connectivity index (χ0n) is 8.76. The molecule has 0 aromatic carbocycles. The summed E-state index contributed by atoms with van der Waals surface area (Å²) in [5, 5.41) is 0. The molecule has 68 valence electrons. The van der Waals surface area contributed by atoms with Crippen molar-refractivity contribution in [3.63, 3.8) is 0 Å². The van der Waals surface area contributed by atoms with Gasteiger partial charge in [0, 0.05) is 0 Å². The molecule has 1 unspecified atom stereocenters. The third-order valence-electron chi connectivity index (χ3n) is 2.26. The lowest BCUT2D eigenvalue weighted by atomic mass is 10.8. The fraction of sp³-hybridized carbons (Fsp3) is 1.00. The summed E-state index contributed by atoms with van der Waals surface area (Å²) < 4.78 is 5.15. The Kier molecular flexibility index (Phi) is 5.24. The van der Waals surface area contributed by atoms with Crippen LogP contribution >= 0.6 is 0 Å². The van der Waals surface area contributed by atoms with Crippen LogP contribution in [0.1, 0.15) is 6.92 Å². The highest BCUT2D eigenvalue weighted by Gasteiger charge is 2.18. The Bertz CT molecular complexity index is 107. The number of rotatable bonds is 4. The molecule has 0 saturated carbocycles. The van der Waals surface area contributed by atoms with Crippen molar-refractivity contribution in [2.24, 2.45) is 0 Å². The van der Waals surface area contributed by atoms with E-state index in [0.717, 1.165) is 0 Å². The van der Waals surface area contributed by atoms with Gasteiger partial charge in [0.25, 0.3) is 0 Å². The molecule has 1 atom stereocenters. The first-order valence-corrected chi connectivity index (χ1v) is 9.44. The molecule has 4 heteroatoms. The Morgan fingerprint density at radius 3 is 1.64 bits per heavy atom. The first-order chi connectivity index (χ1) is 5.00. The molecule has 0 rings (SSSR count). The zero-order valence-corrected chi connectivity index (χ0v) is 11.1. The van der Waals surface area contributed by atoms with E-state index in [1.165, 1.54) is 6.54 Å². The van der Waals surface area contributed by atoms with Gasteiger partial charge in [-0.1, -0.05) is 20.0 Å². The van der Waals surface area contributed by atoms with Crippen LogP contribution in [0.2, 0.25) is 19.6 Å². The van der Waals surface area contributed by atoms with E-state index in [0.29, 0.717) is 0 Å². The molecule has 0 spiro atoms. The smallest absolute Gasteiger partial charge is 0.179 e. The third kappa shape index (κ3) is 3.51. The van der Waals surface area contributed by atoms with E-state index in [9.17, 15) is 0 Å².